The van der Waals surface area contributed by atoms with Crippen LogP contribution in [0.4, 0.5) is 0 Å². The van der Waals surface area contributed by atoms with Crippen molar-refractivity contribution >= 4 is 15.9 Å². The zero-order valence-corrected chi connectivity index (χ0v) is 11.3. The van der Waals surface area contributed by atoms with Gasteiger partial charge in [0.1, 0.15) is 0 Å². The van der Waals surface area contributed by atoms with Crippen molar-refractivity contribution in [3.05, 3.63) is 34.3 Å². The van der Waals surface area contributed by atoms with Crippen LogP contribution in [0.5, 0.6) is 0 Å². The second-order valence-corrected chi connectivity index (χ2v) is 5.28. The molecular formula is C13H20BrN. The lowest BCUT2D eigenvalue weighted by atomic mass is 9.98. The van der Waals surface area contributed by atoms with Gasteiger partial charge in [0.15, 0.2) is 0 Å². The average molecular weight is 270 g/mol. The Balaban J connectivity index is 2.61. The van der Waals surface area contributed by atoms with Gasteiger partial charge in [0.2, 0.25) is 0 Å². The number of hydrogen-bond donors (Lipinski definition) is 1. The Labute approximate surface area is 101 Å². The summed E-state index contributed by atoms with van der Waals surface area (Å²) in [5, 5.41) is 3.38. The molecule has 1 atom stereocenters. The minimum atomic E-state index is 0.487. The van der Waals surface area contributed by atoms with Crippen molar-refractivity contribution in [2.24, 2.45) is 5.92 Å². The summed E-state index contributed by atoms with van der Waals surface area (Å²) >= 11 is 3.46. The van der Waals surface area contributed by atoms with E-state index in [9.17, 15) is 0 Å². The lowest BCUT2D eigenvalue weighted by Crippen LogP contribution is -2.16. The molecule has 0 aliphatic carbocycles. The first-order valence-electron chi connectivity index (χ1n) is 5.56. The highest BCUT2D eigenvalue weighted by molar-refractivity contribution is 9.10. The highest BCUT2D eigenvalue weighted by Crippen LogP contribution is 2.22. The van der Waals surface area contributed by atoms with Gasteiger partial charge in [-0.2, -0.15) is 0 Å². The molecule has 1 nitrogen and oxygen atoms in total. The van der Waals surface area contributed by atoms with E-state index in [0.717, 1.165) is 10.4 Å². The largest absolute Gasteiger partial charge is 0.313 e. The van der Waals surface area contributed by atoms with E-state index in [1.807, 2.05) is 7.05 Å². The Kier molecular flexibility index (Phi) is 5.34. The van der Waals surface area contributed by atoms with Crippen LogP contribution in [-0.4, -0.2) is 7.05 Å². The van der Waals surface area contributed by atoms with E-state index in [4.69, 9.17) is 0 Å². The van der Waals surface area contributed by atoms with Gasteiger partial charge in [-0.1, -0.05) is 41.9 Å². The fraction of sp³-hybridized carbons (Fsp3) is 0.538. The van der Waals surface area contributed by atoms with Gasteiger partial charge in [-0.25, -0.2) is 0 Å². The second-order valence-electron chi connectivity index (χ2n) is 4.36. The van der Waals surface area contributed by atoms with Gasteiger partial charge in [0, 0.05) is 10.5 Å². The molecule has 15 heavy (non-hydrogen) atoms. The maximum atomic E-state index is 3.46. The molecule has 1 unspecified atom stereocenters. The van der Waals surface area contributed by atoms with Crippen molar-refractivity contribution in [1.29, 1.82) is 0 Å². The molecule has 0 heterocycles. The van der Waals surface area contributed by atoms with Gasteiger partial charge in [0.05, 0.1) is 0 Å². The van der Waals surface area contributed by atoms with Crippen LogP contribution in [0.1, 0.15) is 38.3 Å². The van der Waals surface area contributed by atoms with E-state index in [2.05, 4.69) is 59.4 Å². The van der Waals surface area contributed by atoms with Crippen molar-refractivity contribution < 1.29 is 0 Å². The third kappa shape index (κ3) is 4.35. The van der Waals surface area contributed by atoms with Crippen molar-refractivity contribution in [1.82, 2.24) is 5.32 Å². The van der Waals surface area contributed by atoms with Crippen LogP contribution >= 0.6 is 15.9 Å². The zero-order valence-electron chi connectivity index (χ0n) is 9.76. The standard InChI is InChI=1S/C13H20BrN/c1-10(2)4-9-13(15-3)11-5-7-12(14)8-6-11/h5-8,10,13,15H,4,9H2,1-3H3. The summed E-state index contributed by atoms with van der Waals surface area (Å²) < 4.78 is 1.14. The van der Waals surface area contributed by atoms with Gasteiger partial charge in [-0.15, -0.1) is 0 Å². The molecule has 1 aromatic rings. The molecule has 0 fully saturated rings. The molecule has 0 amide bonds. The molecule has 0 aliphatic heterocycles. The molecule has 1 aromatic carbocycles. The van der Waals surface area contributed by atoms with Crippen LogP contribution in [0.25, 0.3) is 0 Å². The zero-order chi connectivity index (χ0) is 11.3. The Morgan fingerprint density at radius 2 is 1.73 bits per heavy atom. The number of rotatable bonds is 5. The summed E-state index contributed by atoms with van der Waals surface area (Å²) in [4.78, 5) is 0. The van der Waals surface area contributed by atoms with Crippen LogP contribution < -0.4 is 5.32 Å². The number of halogens is 1. The molecule has 0 saturated heterocycles. The summed E-state index contributed by atoms with van der Waals surface area (Å²) in [7, 11) is 2.03. The molecule has 2 heteroatoms. The first kappa shape index (κ1) is 12.7. The van der Waals surface area contributed by atoms with Gasteiger partial charge in [-0.05, 0) is 43.5 Å². The smallest absolute Gasteiger partial charge is 0.0317 e. The molecule has 0 radical (unpaired) electrons. The summed E-state index contributed by atoms with van der Waals surface area (Å²) in [5.41, 5.74) is 1.38. The van der Waals surface area contributed by atoms with Crippen LogP contribution in [0.2, 0.25) is 0 Å². The van der Waals surface area contributed by atoms with Crippen molar-refractivity contribution in [2.45, 2.75) is 32.7 Å². The highest BCUT2D eigenvalue weighted by Gasteiger charge is 2.09. The van der Waals surface area contributed by atoms with E-state index in [-0.39, 0.29) is 0 Å². The Hall–Kier alpha value is -0.340. The second kappa shape index (κ2) is 6.29. The fourth-order valence-electron chi connectivity index (χ4n) is 1.67. The molecule has 0 bridgehead atoms. The lowest BCUT2D eigenvalue weighted by Gasteiger charge is -2.17. The van der Waals surface area contributed by atoms with E-state index in [1.165, 1.54) is 18.4 Å². The molecule has 0 aromatic heterocycles. The summed E-state index contributed by atoms with van der Waals surface area (Å²) in [5.74, 6) is 0.774. The van der Waals surface area contributed by atoms with E-state index < -0.39 is 0 Å². The highest BCUT2D eigenvalue weighted by atomic mass is 79.9. The summed E-state index contributed by atoms with van der Waals surface area (Å²) in [6, 6.07) is 9.07. The molecular weight excluding hydrogens is 250 g/mol. The van der Waals surface area contributed by atoms with Crippen molar-refractivity contribution in [3.63, 3.8) is 0 Å². The number of nitrogens with one attached hydrogen (secondary N) is 1. The van der Waals surface area contributed by atoms with Crippen molar-refractivity contribution in [2.75, 3.05) is 7.05 Å². The van der Waals surface area contributed by atoms with Gasteiger partial charge in [0.25, 0.3) is 0 Å². The molecule has 0 aliphatic rings. The van der Waals surface area contributed by atoms with Crippen LogP contribution in [0.3, 0.4) is 0 Å². The Bertz CT molecular complexity index is 279. The fourth-order valence-corrected chi connectivity index (χ4v) is 1.94. The van der Waals surface area contributed by atoms with Crippen LogP contribution in [0.15, 0.2) is 28.7 Å². The summed E-state index contributed by atoms with van der Waals surface area (Å²) in [6.07, 6.45) is 2.47. The average Bonchev–Trinajstić information content (AvgIpc) is 2.21. The van der Waals surface area contributed by atoms with E-state index in [0.29, 0.717) is 6.04 Å². The molecule has 1 N–H and O–H groups in total. The first-order chi connectivity index (χ1) is 7.13. The number of hydrogen-bond acceptors (Lipinski definition) is 1. The monoisotopic (exact) mass is 269 g/mol. The third-order valence-corrected chi connectivity index (χ3v) is 3.18. The minimum absolute atomic E-state index is 0.487. The maximum absolute atomic E-state index is 3.46. The number of benzene rings is 1. The minimum Gasteiger partial charge on any atom is -0.313 e. The summed E-state index contributed by atoms with van der Waals surface area (Å²) in [6.45, 7) is 4.54. The van der Waals surface area contributed by atoms with E-state index >= 15 is 0 Å². The predicted molar refractivity (Wildman–Crippen MR) is 70.0 cm³/mol. The predicted octanol–water partition coefficient (Wildman–Crippen LogP) is 4.15. The van der Waals surface area contributed by atoms with Crippen molar-refractivity contribution in [3.8, 4) is 0 Å². The van der Waals surface area contributed by atoms with Gasteiger partial charge in [-0.3, -0.25) is 0 Å². The van der Waals surface area contributed by atoms with Crippen LogP contribution in [0, 0.1) is 5.92 Å². The Morgan fingerprint density at radius 1 is 1.13 bits per heavy atom. The van der Waals surface area contributed by atoms with Gasteiger partial charge < -0.3 is 5.32 Å². The Morgan fingerprint density at radius 3 is 2.20 bits per heavy atom. The topological polar surface area (TPSA) is 12.0 Å². The molecule has 84 valence electrons. The lowest BCUT2D eigenvalue weighted by molar-refractivity contribution is 0.465. The molecule has 0 saturated carbocycles. The quantitative estimate of drug-likeness (QED) is 0.847. The SMILES string of the molecule is CNC(CCC(C)C)c1ccc(Br)cc1. The first-order valence-corrected chi connectivity index (χ1v) is 6.35. The van der Waals surface area contributed by atoms with Crippen LogP contribution in [-0.2, 0) is 0 Å². The molecule has 1 rings (SSSR count). The van der Waals surface area contributed by atoms with E-state index in [1.54, 1.807) is 0 Å². The normalized spacial score (nSPS) is 13.1. The molecule has 0 spiro atoms. The maximum Gasteiger partial charge on any atom is 0.0317 e. The third-order valence-electron chi connectivity index (χ3n) is 2.65. The van der Waals surface area contributed by atoms with Gasteiger partial charge >= 0.3 is 0 Å².